The molecule has 0 radical (unpaired) electrons. The molecule has 2 fully saturated rings. The van der Waals surface area contributed by atoms with Crippen LogP contribution >= 0.6 is 0 Å². The molecule has 3 aliphatic rings. The minimum atomic E-state index is -4.02. The predicted molar refractivity (Wildman–Crippen MR) is 115 cm³/mol. The highest BCUT2D eigenvalue weighted by Gasteiger charge is 2.61. The van der Waals surface area contributed by atoms with Crippen molar-refractivity contribution in [2.75, 3.05) is 4.90 Å². The lowest BCUT2D eigenvalue weighted by Gasteiger charge is -2.17. The van der Waals surface area contributed by atoms with Gasteiger partial charge in [0.15, 0.2) is 0 Å². The fourth-order valence-corrected chi connectivity index (χ4v) is 5.03. The van der Waals surface area contributed by atoms with E-state index in [1.165, 1.54) is 54.7 Å². The summed E-state index contributed by atoms with van der Waals surface area (Å²) >= 11 is 0. The Morgan fingerprint density at radius 2 is 1.55 bits per heavy atom. The van der Waals surface area contributed by atoms with Gasteiger partial charge in [0.05, 0.1) is 45.8 Å². The Bertz CT molecular complexity index is 1290. The van der Waals surface area contributed by atoms with E-state index in [9.17, 15) is 28.1 Å². The Morgan fingerprint density at radius 1 is 0.970 bits per heavy atom. The lowest BCUT2D eigenvalue weighted by atomic mass is 9.85. The number of imide groups is 1. The Balaban J connectivity index is 1.28. The summed E-state index contributed by atoms with van der Waals surface area (Å²) in [5.41, 5.74) is 0.651. The van der Waals surface area contributed by atoms with E-state index in [1.807, 2.05) is 0 Å². The number of nitrogens with zero attached hydrogens (tertiary/aromatic N) is 3. The number of non-ortho nitro benzene ring substituents is 1. The van der Waals surface area contributed by atoms with Crippen LogP contribution in [0.5, 0.6) is 0 Å². The van der Waals surface area contributed by atoms with Gasteiger partial charge in [-0.3, -0.25) is 19.7 Å². The lowest BCUT2D eigenvalue weighted by Crippen LogP contribution is -2.34. The van der Waals surface area contributed by atoms with Crippen LogP contribution in [-0.4, -0.2) is 43.6 Å². The fourth-order valence-electron chi connectivity index (χ4n) is 4.24. The van der Waals surface area contributed by atoms with Crippen LogP contribution in [0.1, 0.15) is 5.56 Å². The molecule has 168 valence electrons. The molecule has 2 aromatic carbocycles. The average molecular weight is 468 g/mol. The van der Waals surface area contributed by atoms with E-state index in [0.717, 1.165) is 4.90 Å². The number of nitrogens with one attached hydrogen (secondary N) is 1. The summed E-state index contributed by atoms with van der Waals surface area (Å²) in [6.07, 6.45) is 3.98. The normalized spacial score (nSPS) is 25.8. The summed E-state index contributed by atoms with van der Waals surface area (Å²) < 4.78 is 30.6. The molecule has 12 heteroatoms. The maximum absolute atomic E-state index is 12.8. The Kier molecular flexibility index (Phi) is 4.83. The summed E-state index contributed by atoms with van der Waals surface area (Å²) in [6.45, 7) is 0. The van der Waals surface area contributed by atoms with Gasteiger partial charge < -0.3 is 4.74 Å². The molecular weight excluding hydrogens is 452 g/mol. The number of rotatable bonds is 6. The van der Waals surface area contributed by atoms with Crippen molar-refractivity contribution >= 4 is 39.4 Å². The number of sulfonamides is 1. The van der Waals surface area contributed by atoms with Gasteiger partial charge in [0, 0.05) is 12.1 Å². The standard InChI is InChI=1S/C21H16N4O7S/c26-20-18-16-9-10-17(32-16)19(18)21(27)24(20)13-5-7-15(8-6-13)33(30,31)23-22-11-12-1-3-14(4-2-12)25(28)29/h1-11,16-19,23H/b22-11+/t16-,17+,18-,19+. The number of anilines is 1. The van der Waals surface area contributed by atoms with Crippen LogP contribution in [0.3, 0.4) is 0 Å². The van der Waals surface area contributed by atoms with Crippen molar-refractivity contribution in [2.45, 2.75) is 17.1 Å². The largest absolute Gasteiger partial charge is 0.365 e. The second-order valence-corrected chi connectivity index (χ2v) is 9.37. The summed E-state index contributed by atoms with van der Waals surface area (Å²) in [7, 11) is -4.02. The number of hydrogen-bond acceptors (Lipinski definition) is 8. The molecule has 33 heavy (non-hydrogen) atoms. The second kappa shape index (κ2) is 7.60. The third kappa shape index (κ3) is 3.49. The quantitative estimate of drug-likeness (QED) is 0.221. The number of fused-ring (bicyclic) bond motifs is 5. The van der Waals surface area contributed by atoms with Gasteiger partial charge in [-0.1, -0.05) is 12.2 Å². The molecule has 2 saturated heterocycles. The van der Waals surface area contributed by atoms with Gasteiger partial charge in [-0.25, -0.2) is 9.73 Å². The van der Waals surface area contributed by atoms with Crippen LogP contribution in [0.15, 0.2) is 70.7 Å². The Hall–Kier alpha value is -3.90. The van der Waals surface area contributed by atoms with Crippen molar-refractivity contribution < 1.29 is 27.7 Å². The van der Waals surface area contributed by atoms with Crippen LogP contribution in [0.25, 0.3) is 0 Å². The number of amides is 2. The van der Waals surface area contributed by atoms with E-state index in [2.05, 4.69) is 9.93 Å². The van der Waals surface area contributed by atoms with Crippen LogP contribution in [-0.2, 0) is 24.3 Å². The highest BCUT2D eigenvalue weighted by atomic mass is 32.2. The van der Waals surface area contributed by atoms with E-state index < -0.39 is 39.0 Å². The maximum Gasteiger partial charge on any atom is 0.276 e. The van der Waals surface area contributed by atoms with E-state index in [-0.39, 0.29) is 28.1 Å². The number of hydrazone groups is 1. The predicted octanol–water partition coefficient (Wildman–Crippen LogP) is 1.35. The molecule has 2 bridgehead atoms. The van der Waals surface area contributed by atoms with Gasteiger partial charge in [-0.15, -0.1) is 0 Å². The van der Waals surface area contributed by atoms with E-state index in [1.54, 1.807) is 12.2 Å². The van der Waals surface area contributed by atoms with Gasteiger partial charge in [0.25, 0.3) is 15.7 Å². The van der Waals surface area contributed by atoms with Crippen molar-refractivity contribution in [1.82, 2.24) is 4.83 Å². The first-order chi connectivity index (χ1) is 15.8. The average Bonchev–Trinajstić information content (AvgIpc) is 3.48. The molecule has 2 aromatic rings. The van der Waals surface area contributed by atoms with Gasteiger partial charge in [-0.2, -0.15) is 13.5 Å². The minimum Gasteiger partial charge on any atom is -0.365 e. The zero-order valence-electron chi connectivity index (χ0n) is 16.8. The van der Waals surface area contributed by atoms with Crippen LogP contribution in [0.2, 0.25) is 0 Å². The van der Waals surface area contributed by atoms with Crippen LogP contribution in [0, 0.1) is 22.0 Å². The maximum atomic E-state index is 12.8. The first-order valence-corrected chi connectivity index (χ1v) is 11.4. The van der Waals surface area contributed by atoms with Gasteiger partial charge in [-0.05, 0) is 42.0 Å². The zero-order valence-corrected chi connectivity index (χ0v) is 17.6. The first kappa shape index (κ1) is 21.0. The highest BCUT2D eigenvalue weighted by molar-refractivity contribution is 7.89. The molecule has 0 unspecified atom stereocenters. The summed E-state index contributed by atoms with van der Waals surface area (Å²) in [4.78, 5) is 38.8. The Labute approximate surface area is 187 Å². The van der Waals surface area contributed by atoms with Crippen molar-refractivity contribution in [2.24, 2.45) is 16.9 Å². The lowest BCUT2D eigenvalue weighted by molar-refractivity contribution is -0.384. The second-order valence-electron chi connectivity index (χ2n) is 7.71. The van der Waals surface area contributed by atoms with E-state index in [0.29, 0.717) is 5.56 Å². The number of nitro benzene ring substituents is 1. The topological polar surface area (TPSA) is 148 Å². The number of ether oxygens (including phenoxy) is 1. The number of hydrogen-bond donors (Lipinski definition) is 1. The molecule has 1 N–H and O–H groups in total. The van der Waals surface area contributed by atoms with Crippen molar-refractivity contribution in [3.63, 3.8) is 0 Å². The smallest absolute Gasteiger partial charge is 0.276 e. The fraction of sp³-hybridized carbons (Fsp3) is 0.190. The molecule has 0 aromatic heterocycles. The monoisotopic (exact) mass is 468 g/mol. The van der Waals surface area contributed by atoms with Gasteiger partial charge in [0.1, 0.15) is 0 Å². The molecule has 0 saturated carbocycles. The molecule has 2 amide bonds. The summed E-state index contributed by atoms with van der Waals surface area (Å²) in [6, 6.07) is 10.7. The first-order valence-electron chi connectivity index (χ1n) is 9.87. The Morgan fingerprint density at radius 3 is 2.09 bits per heavy atom. The van der Waals surface area contributed by atoms with E-state index >= 15 is 0 Å². The molecule has 3 aliphatic heterocycles. The molecular formula is C21H16N4O7S. The molecule has 0 aliphatic carbocycles. The van der Waals surface area contributed by atoms with Crippen LogP contribution in [0.4, 0.5) is 11.4 Å². The minimum absolute atomic E-state index is 0.0946. The highest BCUT2D eigenvalue weighted by Crippen LogP contribution is 2.46. The molecule has 11 nitrogen and oxygen atoms in total. The third-order valence-electron chi connectivity index (χ3n) is 5.81. The molecule has 0 spiro atoms. The van der Waals surface area contributed by atoms with Crippen molar-refractivity contribution in [3.05, 3.63) is 76.4 Å². The molecule has 5 rings (SSSR count). The van der Waals surface area contributed by atoms with Gasteiger partial charge in [0.2, 0.25) is 11.8 Å². The number of benzene rings is 2. The van der Waals surface area contributed by atoms with Crippen LogP contribution < -0.4 is 9.73 Å². The van der Waals surface area contributed by atoms with E-state index in [4.69, 9.17) is 4.74 Å². The number of carbonyl (C=O) groups excluding carboxylic acids is 2. The van der Waals surface area contributed by atoms with Crippen molar-refractivity contribution in [3.8, 4) is 0 Å². The van der Waals surface area contributed by atoms with Crippen molar-refractivity contribution in [1.29, 1.82) is 0 Å². The molecule has 3 heterocycles. The summed E-state index contributed by atoms with van der Waals surface area (Å²) in [5, 5.41) is 14.4. The zero-order chi connectivity index (χ0) is 23.3. The number of carbonyl (C=O) groups is 2. The summed E-state index contributed by atoms with van der Waals surface area (Å²) in [5.74, 6) is -1.82. The number of nitro groups is 1. The van der Waals surface area contributed by atoms with Gasteiger partial charge >= 0.3 is 0 Å². The molecule has 4 atom stereocenters. The third-order valence-corrected chi connectivity index (χ3v) is 7.04. The SMILES string of the molecule is O=C1[C@@H]2[C@H](C(=O)N1c1ccc(S(=O)(=O)N/N=C/c3ccc([N+](=O)[O-])cc3)cc1)[C@H]1C=C[C@@H]2O1.